The zero-order valence-corrected chi connectivity index (χ0v) is 19.8. The third-order valence-electron chi connectivity index (χ3n) is 6.10. The molecule has 0 bridgehead atoms. The normalized spacial score (nSPS) is 18.5. The van der Waals surface area contributed by atoms with Crippen LogP contribution in [0.25, 0.3) is 0 Å². The van der Waals surface area contributed by atoms with Crippen molar-refractivity contribution in [3.63, 3.8) is 0 Å². The van der Waals surface area contributed by atoms with Crippen molar-refractivity contribution >= 4 is 21.8 Å². The summed E-state index contributed by atoms with van der Waals surface area (Å²) in [5, 5.41) is 9.23. The number of oxazole rings is 1. The Morgan fingerprint density at radius 2 is 1.79 bits per heavy atom. The van der Waals surface area contributed by atoms with Crippen molar-refractivity contribution in [2.45, 2.75) is 18.2 Å². The lowest BCUT2D eigenvalue weighted by molar-refractivity contribution is -0.132. The van der Waals surface area contributed by atoms with E-state index < -0.39 is 15.8 Å². The SMILES string of the molecule is Cc1nc(C#N)c(N2CCN(C(=O)CN3CCCN(S(=O)(=O)c4ccc(F)cc4)CC3)CC2)o1. The number of halogens is 1. The van der Waals surface area contributed by atoms with E-state index in [1.807, 2.05) is 15.9 Å². The monoisotopic (exact) mass is 490 g/mol. The molecule has 0 N–H and O–H groups in total. The number of piperazine rings is 1. The Hall–Kier alpha value is -3.01. The number of hydrogen-bond donors (Lipinski definition) is 0. The first-order valence-electron chi connectivity index (χ1n) is 11.2. The molecule has 0 aliphatic carbocycles. The molecule has 3 heterocycles. The first-order chi connectivity index (χ1) is 16.3. The zero-order valence-electron chi connectivity index (χ0n) is 19.0. The summed E-state index contributed by atoms with van der Waals surface area (Å²) in [4.78, 5) is 22.7. The molecule has 182 valence electrons. The van der Waals surface area contributed by atoms with Crippen LogP contribution in [-0.4, -0.2) is 92.3 Å². The molecule has 34 heavy (non-hydrogen) atoms. The predicted octanol–water partition coefficient (Wildman–Crippen LogP) is 1.04. The fraction of sp³-hybridized carbons (Fsp3) is 0.500. The van der Waals surface area contributed by atoms with Crippen LogP contribution in [0.2, 0.25) is 0 Å². The van der Waals surface area contributed by atoms with E-state index >= 15 is 0 Å². The molecule has 4 rings (SSSR count). The van der Waals surface area contributed by atoms with Crippen molar-refractivity contribution in [1.29, 1.82) is 5.26 Å². The number of benzene rings is 1. The maximum absolute atomic E-state index is 13.2. The number of nitrogens with zero attached hydrogens (tertiary/aromatic N) is 6. The molecule has 1 aromatic heterocycles. The average Bonchev–Trinajstić information content (AvgIpc) is 3.05. The van der Waals surface area contributed by atoms with Gasteiger partial charge in [0.1, 0.15) is 11.9 Å². The summed E-state index contributed by atoms with van der Waals surface area (Å²) >= 11 is 0. The number of aromatic nitrogens is 1. The van der Waals surface area contributed by atoms with E-state index in [9.17, 15) is 22.9 Å². The van der Waals surface area contributed by atoms with E-state index in [1.165, 1.54) is 16.4 Å². The average molecular weight is 491 g/mol. The maximum atomic E-state index is 13.2. The van der Waals surface area contributed by atoms with Gasteiger partial charge in [-0.15, -0.1) is 0 Å². The summed E-state index contributed by atoms with van der Waals surface area (Å²) in [5.41, 5.74) is 0.252. The lowest BCUT2D eigenvalue weighted by atomic mass is 10.3. The van der Waals surface area contributed by atoms with E-state index in [2.05, 4.69) is 4.98 Å². The summed E-state index contributed by atoms with van der Waals surface area (Å²) in [6.07, 6.45) is 0.600. The summed E-state index contributed by atoms with van der Waals surface area (Å²) in [7, 11) is -3.71. The van der Waals surface area contributed by atoms with Gasteiger partial charge >= 0.3 is 0 Å². The Bertz CT molecular complexity index is 1170. The number of nitriles is 1. The van der Waals surface area contributed by atoms with Crippen LogP contribution in [0.1, 0.15) is 18.0 Å². The molecule has 0 unspecified atom stereocenters. The van der Waals surface area contributed by atoms with Gasteiger partial charge in [-0.1, -0.05) is 0 Å². The minimum atomic E-state index is -3.71. The predicted molar refractivity (Wildman–Crippen MR) is 121 cm³/mol. The van der Waals surface area contributed by atoms with Crippen LogP contribution >= 0.6 is 0 Å². The number of carbonyl (C=O) groups is 1. The molecule has 10 nitrogen and oxygen atoms in total. The van der Waals surface area contributed by atoms with Gasteiger partial charge in [0.25, 0.3) is 0 Å². The molecular weight excluding hydrogens is 463 g/mol. The number of hydrogen-bond acceptors (Lipinski definition) is 8. The Labute approximate surface area is 198 Å². The maximum Gasteiger partial charge on any atom is 0.243 e. The van der Waals surface area contributed by atoms with E-state index in [1.54, 1.807) is 11.8 Å². The van der Waals surface area contributed by atoms with Gasteiger partial charge in [-0.25, -0.2) is 17.8 Å². The van der Waals surface area contributed by atoms with Crippen LogP contribution in [0.5, 0.6) is 0 Å². The van der Waals surface area contributed by atoms with Crippen LogP contribution in [0.3, 0.4) is 0 Å². The topological polar surface area (TPSA) is 114 Å². The Morgan fingerprint density at radius 3 is 2.47 bits per heavy atom. The third kappa shape index (κ3) is 5.22. The van der Waals surface area contributed by atoms with Gasteiger partial charge in [0.2, 0.25) is 27.5 Å². The van der Waals surface area contributed by atoms with Gasteiger partial charge in [0.05, 0.1) is 11.4 Å². The minimum absolute atomic E-state index is 0.0104. The van der Waals surface area contributed by atoms with Gasteiger partial charge in [-0.05, 0) is 37.2 Å². The minimum Gasteiger partial charge on any atom is -0.424 e. The summed E-state index contributed by atoms with van der Waals surface area (Å²) < 4.78 is 45.9. The Kier molecular flexibility index (Phi) is 7.16. The molecule has 1 amide bonds. The quantitative estimate of drug-likeness (QED) is 0.611. The first-order valence-corrected chi connectivity index (χ1v) is 12.6. The van der Waals surface area contributed by atoms with Crippen LogP contribution < -0.4 is 4.90 Å². The Morgan fingerprint density at radius 1 is 1.09 bits per heavy atom. The molecule has 12 heteroatoms. The first kappa shape index (κ1) is 24.1. The number of rotatable bonds is 5. The second-order valence-corrected chi connectivity index (χ2v) is 10.3. The molecule has 2 fully saturated rings. The standard InChI is InChI=1S/C22H27FN6O4S/c1-17-25-20(15-24)22(33-17)28-12-10-27(11-13-28)21(30)16-26-7-2-8-29(14-9-26)34(31,32)19-5-3-18(23)4-6-19/h3-6H,2,7-14,16H2,1H3. The van der Waals surface area contributed by atoms with Crippen molar-refractivity contribution in [1.82, 2.24) is 19.1 Å². The van der Waals surface area contributed by atoms with Gasteiger partial charge < -0.3 is 14.2 Å². The van der Waals surface area contributed by atoms with E-state index in [0.717, 1.165) is 12.1 Å². The summed E-state index contributed by atoms with van der Waals surface area (Å²) in [5.74, 6) is 0.384. The molecule has 2 aromatic rings. The highest BCUT2D eigenvalue weighted by molar-refractivity contribution is 7.89. The number of sulfonamides is 1. The lowest BCUT2D eigenvalue weighted by Gasteiger charge is -2.35. The van der Waals surface area contributed by atoms with Crippen LogP contribution in [0, 0.1) is 24.1 Å². The molecule has 0 spiro atoms. The largest absolute Gasteiger partial charge is 0.424 e. The fourth-order valence-electron chi connectivity index (χ4n) is 4.26. The molecule has 2 aliphatic rings. The highest BCUT2D eigenvalue weighted by Gasteiger charge is 2.30. The van der Waals surface area contributed by atoms with E-state index in [0.29, 0.717) is 64.0 Å². The van der Waals surface area contributed by atoms with Crippen molar-refractivity contribution in [2.24, 2.45) is 0 Å². The molecule has 2 aliphatic heterocycles. The van der Waals surface area contributed by atoms with E-state index in [4.69, 9.17) is 4.42 Å². The smallest absolute Gasteiger partial charge is 0.243 e. The zero-order chi connectivity index (χ0) is 24.3. The highest BCUT2D eigenvalue weighted by atomic mass is 32.2. The van der Waals surface area contributed by atoms with E-state index in [-0.39, 0.29) is 29.6 Å². The van der Waals surface area contributed by atoms with Gasteiger partial charge in [-0.2, -0.15) is 9.57 Å². The third-order valence-corrected chi connectivity index (χ3v) is 8.01. The molecule has 0 saturated carbocycles. The highest BCUT2D eigenvalue weighted by Crippen LogP contribution is 2.23. The number of amides is 1. The second kappa shape index (κ2) is 10.1. The summed E-state index contributed by atoms with van der Waals surface area (Å²) in [6, 6.07) is 6.86. The van der Waals surface area contributed by atoms with Crippen molar-refractivity contribution in [2.75, 3.05) is 63.8 Å². The second-order valence-electron chi connectivity index (χ2n) is 8.35. The van der Waals surface area contributed by atoms with Crippen molar-refractivity contribution in [3.05, 3.63) is 41.7 Å². The van der Waals surface area contributed by atoms with Crippen LogP contribution in [-0.2, 0) is 14.8 Å². The fourth-order valence-corrected chi connectivity index (χ4v) is 5.72. The molecular formula is C22H27FN6O4S. The van der Waals surface area contributed by atoms with Gasteiger partial charge in [0.15, 0.2) is 5.89 Å². The number of carbonyl (C=O) groups excluding carboxylic acids is 1. The van der Waals surface area contributed by atoms with Crippen LogP contribution in [0.15, 0.2) is 33.6 Å². The van der Waals surface area contributed by atoms with Crippen LogP contribution in [0.4, 0.5) is 10.3 Å². The summed E-state index contributed by atoms with van der Waals surface area (Å²) in [6.45, 7) is 5.66. The molecule has 2 saturated heterocycles. The van der Waals surface area contributed by atoms with Crippen molar-refractivity contribution in [3.8, 4) is 6.07 Å². The number of aryl methyl sites for hydroxylation is 1. The van der Waals surface area contributed by atoms with Gasteiger partial charge in [-0.3, -0.25) is 9.69 Å². The Balaban J connectivity index is 1.30. The molecule has 0 radical (unpaired) electrons. The molecule has 1 aromatic carbocycles. The number of anilines is 1. The van der Waals surface area contributed by atoms with Crippen molar-refractivity contribution < 1.29 is 22.0 Å². The molecule has 0 atom stereocenters. The van der Waals surface area contributed by atoms with Gasteiger partial charge in [0, 0.05) is 52.7 Å². The lowest BCUT2D eigenvalue weighted by Crippen LogP contribution is -2.51.